The minimum Gasteiger partial charge on any atom is -0.491 e. The van der Waals surface area contributed by atoms with Crippen LogP contribution >= 0.6 is 11.3 Å². The first-order valence-corrected chi connectivity index (χ1v) is 12.4. The van der Waals surface area contributed by atoms with Gasteiger partial charge in [-0.15, -0.1) is 17.9 Å². The van der Waals surface area contributed by atoms with Crippen molar-refractivity contribution < 1.29 is 19.4 Å². The Morgan fingerprint density at radius 3 is 2.76 bits per heavy atom. The molecule has 0 unspecified atom stereocenters. The molecule has 1 N–H and O–H groups in total. The SMILES string of the molecule is C=CCN(CC(=O)N1CCc2sccc2[C@@H]1COc1ccc(C(C)C)cc1)C[C@H](O)COC. The number of carbonyl (C=O) groups excluding carboxylic acids is 1. The molecule has 1 amide bonds. The Morgan fingerprint density at radius 2 is 2.09 bits per heavy atom. The van der Waals surface area contributed by atoms with Gasteiger partial charge < -0.3 is 19.5 Å². The highest BCUT2D eigenvalue weighted by atomic mass is 32.1. The maximum Gasteiger partial charge on any atom is 0.237 e. The molecule has 0 aliphatic carbocycles. The fourth-order valence-electron chi connectivity index (χ4n) is 4.21. The van der Waals surface area contributed by atoms with Crippen LogP contribution in [0.2, 0.25) is 0 Å². The Kier molecular flexibility index (Phi) is 9.50. The highest BCUT2D eigenvalue weighted by molar-refractivity contribution is 7.10. The summed E-state index contributed by atoms with van der Waals surface area (Å²) in [5.41, 5.74) is 2.45. The van der Waals surface area contributed by atoms with Crippen molar-refractivity contribution in [1.29, 1.82) is 0 Å². The average Bonchev–Trinajstić information content (AvgIpc) is 3.27. The summed E-state index contributed by atoms with van der Waals surface area (Å²) in [4.78, 5) is 18.5. The fraction of sp³-hybridized carbons (Fsp3) is 0.500. The number of carbonyl (C=O) groups is 1. The third kappa shape index (κ3) is 6.90. The highest BCUT2D eigenvalue weighted by Crippen LogP contribution is 2.34. The van der Waals surface area contributed by atoms with Gasteiger partial charge in [0.05, 0.1) is 25.3 Å². The Morgan fingerprint density at radius 1 is 1.33 bits per heavy atom. The maximum atomic E-state index is 13.4. The zero-order chi connectivity index (χ0) is 23.8. The fourth-order valence-corrected chi connectivity index (χ4v) is 5.14. The van der Waals surface area contributed by atoms with Gasteiger partial charge in [-0.25, -0.2) is 0 Å². The monoisotopic (exact) mass is 472 g/mol. The molecule has 1 aliphatic heterocycles. The third-order valence-corrected chi connectivity index (χ3v) is 6.94. The number of nitrogens with zero attached hydrogens (tertiary/aromatic N) is 2. The molecule has 0 spiro atoms. The minimum absolute atomic E-state index is 0.0297. The summed E-state index contributed by atoms with van der Waals surface area (Å²) < 4.78 is 11.2. The lowest BCUT2D eigenvalue weighted by Gasteiger charge is -2.37. The summed E-state index contributed by atoms with van der Waals surface area (Å²) >= 11 is 1.74. The summed E-state index contributed by atoms with van der Waals surface area (Å²) in [6.45, 7) is 10.5. The van der Waals surface area contributed by atoms with Crippen LogP contribution in [-0.4, -0.2) is 73.4 Å². The van der Waals surface area contributed by atoms with E-state index in [0.717, 1.165) is 12.2 Å². The molecule has 0 radical (unpaired) electrons. The van der Waals surface area contributed by atoms with Gasteiger partial charge in [0.2, 0.25) is 5.91 Å². The number of hydrogen-bond acceptors (Lipinski definition) is 6. The number of benzene rings is 1. The van der Waals surface area contributed by atoms with Gasteiger partial charge in [0.15, 0.2) is 0 Å². The molecule has 1 aromatic heterocycles. The van der Waals surface area contributed by atoms with E-state index in [2.05, 4.69) is 44.0 Å². The topological polar surface area (TPSA) is 62.2 Å². The molecule has 3 rings (SSSR count). The lowest BCUT2D eigenvalue weighted by molar-refractivity contribution is -0.136. The van der Waals surface area contributed by atoms with Crippen molar-refractivity contribution in [3.8, 4) is 5.75 Å². The normalized spacial score (nSPS) is 16.7. The number of hydrogen-bond donors (Lipinski definition) is 1. The van der Waals surface area contributed by atoms with Gasteiger partial charge in [-0.3, -0.25) is 9.69 Å². The lowest BCUT2D eigenvalue weighted by Crippen LogP contribution is -2.48. The minimum atomic E-state index is -0.652. The first-order chi connectivity index (χ1) is 15.9. The van der Waals surface area contributed by atoms with Gasteiger partial charge in [0.25, 0.3) is 0 Å². The van der Waals surface area contributed by atoms with Gasteiger partial charge in [0.1, 0.15) is 12.4 Å². The number of ether oxygens (including phenoxy) is 2. The average molecular weight is 473 g/mol. The molecule has 0 bridgehead atoms. The number of thiophene rings is 1. The Bertz CT molecular complexity index is 896. The van der Waals surface area contributed by atoms with Gasteiger partial charge >= 0.3 is 0 Å². The van der Waals surface area contributed by atoms with Crippen LogP contribution in [0.1, 0.15) is 41.8 Å². The molecule has 0 saturated carbocycles. The van der Waals surface area contributed by atoms with Gasteiger partial charge in [-0.2, -0.15) is 0 Å². The second-order valence-electron chi connectivity index (χ2n) is 8.78. The standard InChI is InChI=1S/C26H36N2O4S/c1-5-12-27(15-21(29)17-31-4)16-26(30)28-13-10-25-23(11-14-33-25)24(28)18-32-22-8-6-20(7-9-22)19(2)3/h5-9,11,14,19,21,24,29H,1,10,12-13,15-18H2,2-4H3/t21-,24-/m0/s1. The van der Waals surface area contributed by atoms with Crippen molar-refractivity contribution in [3.63, 3.8) is 0 Å². The molecule has 2 heterocycles. The molecule has 2 aromatic rings. The first kappa shape index (κ1) is 25.4. The molecular formula is C26H36N2O4S. The zero-order valence-corrected chi connectivity index (χ0v) is 20.7. The van der Waals surface area contributed by atoms with E-state index in [0.29, 0.717) is 32.2 Å². The van der Waals surface area contributed by atoms with Crippen molar-refractivity contribution in [1.82, 2.24) is 9.80 Å². The zero-order valence-electron chi connectivity index (χ0n) is 19.9. The van der Waals surface area contributed by atoms with E-state index in [1.54, 1.807) is 24.5 Å². The number of aliphatic hydroxyl groups is 1. The van der Waals surface area contributed by atoms with Crippen molar-refractivity contribution in [3.05, 3.63) is 64.4 Å². The summed E-state index contributed by atoms with van der Waals surface area (Å²) in [6.07, 6.45) is 1.95. The quantitative estimate of drug-likeness (QED) is 0.475. The Hall–Kier alpha value is -2.19. The third-order valence-electron chi connectivity index (χ3n) is 5.94. The lowest BCUT2D eigenvalue weighted by atomic mass is 10.00. The van der Waals surface area contributed by atoms with Crippen molar-refractivity contribution in [2.75, 3.05) is 46.5 Å². The summed E-state index contributed by atoms with van der Waals surface area (Å²) in [5.74, 6) is 1.31. The molecule has 6 nitrogen and oxygen atoms in total. The van der Waals surface area contributed by atoms with Crippen LogP contribution < -0.4 is 4.74 Å². The van der Waals surface area contributed by atoms with Crippen LogP contribution in [0.15, 0.2) is 48.4 Å². The molecule has 33 heavy (non-hydrogen) atoms. The maximum absolute atomic E-state index is 13.4. The van der Waals surface area contributed by atoms with Crippen LogP contribution in [0.4, 0.5) is 0 Å². The number of methoxy groups -OCH3 is 1. The van der Waals surface area contributed by atoms with Crippen LogP contribution in [0.3, 0.4) is 0 Å². The largest absolute Gasteiger partial charge is 0.491 e. The molecule has 2 atom stereocenters. The predicted molar refractivity (Wildman–Crippen MR) is 133 cm³/mol. The molecule has 1 aliphatic rings. The van der Waals surface area contributed by atoms with E-state index >= 15 is 0 Å². The smallest absolute Gasteiger partial charge is 0.237 e. The number of amides is 1. The van der Waals surface area contributed by atoms with Gasteiger partial charge in [0, 0.05) is 31.6 Å². The summed E-state index contributed by atoms with van der Waals surface area (Å²) in [6, 6.07) is 10.2. The molecular weight excluding hydrogens is 436 g/mol. The number of fused-ring (bicyclic) bond motifs is 1. The van der Waals surface area contributed by atoms with Crippen LogP contribution in [0.5, 0.6) is 5.75 Å². The number of aliphatic hydroxyl groups excluding tert-OH is 1. The highest BCUT2D eigenvalue weighted by Gasteiger charge is 2.33. The van der Waals surface area contributed by atoms with E-state index in [4.69, 9.17) is 9.47 Å². The molecule has 7 heteroatoms. The van der Waals surface area contributed by atoms with Gasteiger partial charge in [-0.1, -0.05) is 32.1 Å². The van der Waals surface area contributed by atoms with E-state index in [9.17, 15) is 9.90 Å². The second-order valence-corrected chi connectivity index (χ2v) is 9.78. The van der Waals surface area contributed by atoms with Crippen LogP contribution in [-0.2, 0) is 16.0 Å². The van der Waals surface area contributed by atoms with Crippen LogP contribution in [0, 0.1) is 0 Å². The molecule has 0 saturated heterocycles. The van der Waals surface area contributed by atoms with E-state index in [1.807, 2.05) is 21.9 Å². The van der Waals surface area contributed by atoms with Crippen molar-refractivity contribution in [2.45, 2.75) is 38.3 Å². The summed E-state index contributed by atoms with van der Waals surface area (Å²) in [7, 11) is 1.55. The van der Waals surface area contributed by atoms with Crippen molar-refractivity contribution >= 4 is 17.2 Å². The van der Waals surface area contributed by atoms with E-state index in [-0.39, 0.29) is 25.1 Å². The summed E-state index contributed by atoms with van der Waals surface area (Å²) in [5, 5.41) is 12.2. The number of rotatable bonds is 12. The van der Waals surface area contributed by atoms with Crippen LogP contribution in [0.25, 0.3) is 0 Å². The second kappa shape index (κ2) is 12.3. The molecule has 180 valence electrons. The Balaban J connectivity index is 1.70. The van der Waals surface area contributed by atoms with Crippen molar-refractivity contribution in [2.24, 2.45) is 0 Å². The molecule has 0 fully saturated rings. The predicted octanol–water partition coefficient (Wildman–Crippen LogP) is 3.87. The van der Waals surface area contributed by atoms with Gasteiger partial charge in [-0.05, 0) is 47.0 Å². The first-order valence-electron chi connectivity index (χ1n) is 11.5. The molecule has 1 aromatic carbocycles. The Labute approximate surface area is 201 Å². The van der Waals surface area contributed by atoms with E-state index < -0.39 is 6.10 Å². The van der Waals surface area contributed by atoms with E-state index in [1.165, 1.54) is 16.0 Å².